The van der Waals surface area contributed by atoms with Crippen molar-refractivity contribution in [3.8, 4) is 5.75 Å². The van der Waals surface area contributed by atoms with Crippen LogP contribution in [0.2, 0.25) is 0 Å². The van der Waals surface area contributed by atoms with Gasteiger partial charge in [0.15, 0.2) is 11.6 Å². The van der Waals surface area contributed by atoms with E-state index >= 15 is 0 Å². The SMILES string of the molecule is COc1ccc(S(=O)(=O)N2CC[C@]3(OC)CC[C@@H](O)C[C@H]23)cc1F. The first-order valence-electron chi connectivity index (χ1n) is 7.92. The molecule has 3 rings (SSSR count). The second-order valence-electron chi connectivity index (χ2n) is 6.38. The van der Waals surface area contributed by atoms with Crippen molar-refractivity contribution < 1.29 is 27.4 Å². The third kappa shape index (κ3) is 2.71. The Hall–Kier alpha value is -1.22. The van der Waals surface area contributed by atoms with Crippen LogP contribution in [0.15, 0.2) is 23.1 Å². The average Bonchev–Trinajstić information content (AvgIpc) is 2.94. The van der Waals surface area contributed by atoms with Crippen LogP contribution >= 0.6 is 0 Å². The highest BCUT2D eigenvalue weighted by atomic mass is 32.2. The summed E-state index contributed by atoms with van der Waals surface area (Å²) in [7, 11) is -0.981. The van der Waals surface area contributed by atoms with Crippen molar-refractivity contribution >= 4 is 10.0 Å². The molecule has 1 aromatic rings. The van der Waals surface area contributed by atoms with Crippen molar-refractivity contribution in [2.75, 3.05) is 20.8 Å². The number of methoxy groups -OCH3 is 2. The first kappa shape index (κ1) is 17.6. The molecule has 1 heterocycles. The standard InChI is InChI=1S/C16H22FNO5S/c1-22-14-4-3-12(10-13(14)17)24(20,21)18-8-7-16(23-2)6-5-11(19)9-15(16)18/h3-4,10-11,15,19H,5-9H2,1-2H3/t11-,15+,16-/m1/s1. The molecule has 0 amide bonds. The lowest BCUT2D eigenvalue weighted by atomic mass is 9.79. The maximum absolute atomic E-state index is 13.9. The number of aliphatic hydroxyl groups is 1. The molecule has 2 fully saturated rings. The Morgan fingerprint density at radius 2 is 2.08 bits per heavy atom. The van der Waals surface area contributed by atoms with Gasteiger partial charge in [-0.2, -0.15) is 4.31 Å². The van der Waals surface area contributed by atoms with Gasteiger partial charge >= 0.3 is 0 Å². The zero-order valence-electron chi connectivity index (χ0n) is 13.7. The predicted molar refractivity (Wildman–Crippen MR) is 84.8 cm³/mol. The molecule has 1 aromatic carbocycles. The van der Waals surface area contributed by atoms with Crippen LogP contribution in [0.3, 0.4) is 0 Å². The minimum atomic E-state index is -3.88. The Bertz CT molecular complexity index is 725. The third-order valence-corrected chi connectivity index (χ3v) is 7.15. The highest BCUT2D eigenvalue weighted by molar-refractivity contribution is 7.89. The third-order valence-electron chi connectivity index (χ3n) is 5.24. The summed E-state index contributed by atoms with van der Waals surface area (Å²) in [5, 5.41) is 9.98. The van der Waals surface area contributed by atoms with Gasteiger partial charge in [0, 0.05) is 13.7 Å². The van der Waals surface area contributed by atoms with Gasteiger partial charge in [-0.05, 0) is 43.9 Å². The van der Waals surface area contributed by atoms with E-state index in [1.807, 2.05) is 0 Å². The molecule has 134 valence electrons. The van der Waals surface area contributed by atoms with E-state index in [1.54, 1.807) is 7.11 Å². The summed E-state index contributed by atoms with van der Waals surface area (Å²) in [4.78, 5) is -0.118. The molecule has 2 aliphatic rings. The molecule has 8 heteroatoms. The van der Waals surface area contributed by atoms with Crippen LogP contribution in [0.4, 0.5) is 4.39 Å². The van der Waals surface area contributed by atoms with Gasteiger partial charge in [-0.25, -0.2) is 12.8 Å². The van der Waals surface area contributed by atoms with E-state index in [0.717, 1.165) is 6.07 Å². The van der Waals surface area contributed by atoms with Crippen LogP contribution in [0, 0.1) is 5.82 Å². The Morgan fingerprint density at radius 1 is 1.33 bits per heavy atom. The van der Waals surface area contributed by atoms with Crippen LogP contribution in [-0.2, 0) is 14.8 Å². The molecule has 6 nitrogen and oxygen atoms in total. The minimum absolute atomic E-state index is 0.00491. The van der Waals surface area contributed by atoms with Crippen molar-refractivity contribution in [3.05, 3.63) is 24.0 Å². The fraction of sp³-hybridized carbons (Fsp3) is 0.625. The van der Waals surface area contributed by atoms with Gasteiger partial charge in [0.05, 0.1) is 29.8 Å². The summed E-state index contributed by atoms with van der Waals surface area (Å²) in [6.45, 7) is 0.293. The first-order chi connectivity index (χ1) is 11.3. The molecule has 1 saturated carbocycles. The lowest BCUT2D eigenvalue weighted by Gasteiger charge is -2.42. The Morgan fingerprint density at radius 3 is 2.71 bits per heavy atom. The fourth-order valence-electron chi connectivity index (χ4n) is 3.87. The molecular weight excluding hydrogens is 337 g/mol. The lowest BCUT2D eigenvalue weighted by Crippen LogP contribution is -2.52. The number of ether oxygens (including phenoxy) is 2. The number of nitrogens with zero attached hydrogens (tertiary/aromatic N) is 1. The number of hydrogen-bond donors (Lipinski definition) is 1. The van der Waals surface area contributed by atoms with Crippen LogP contribution < -0.4 is 4.74 Å². The smallest absolute Gasteiger partial charge is 0.243 e. The van der Waals surface area contributed by atoms with E-state index in [0.29, 0.717) is 32.2 Å². The molecule has 0 radical (unpaired) electrons. The monoisotopic (exact) mass is 359 g/mol. The number of aliphatic hydroxyl groups excluding tert-OH is 1. The maximum atomic E-state index is 13.9. The van der Waals surface area contributed by atoms with E-state index in [1.165, 1.54) is 23.5 Å². The normalized spacial score (nSPS) is 31.0. The molecular formula is C16H22FNO5S. The van der Waals surface area contributed by atoms with Crippen molar-refractivity contribution in [1.82, 2.24) is 4.31 Å². The molecule has 1 saturated heterocycles. The predicted octanol–water partition coefficient (Wildman–Crippen LogP) is 1.53. The molecule has 0 spiro atoms. The van der Waals surface area contributed by atoms with E-state index in [4.69, 9.17) is 9.47 Å². The zero-order valence-corrected chi connectivity index (χ0v) is 14.6. The van der Waals surface area contributed by atoms with Crippen LogP contribution in [0.1, 0.15) is 25.7 Å². The second kappa shape index (κ2) is 6.25. The Balaban J connectivity index is 1.96. The highest BCUT2D eigenvalue weighted by Gasteiger charge is 2.54. The summed E-state index contributed by atoms with van der Waals surface area (Å²) in [5.41, 5.74) is -0.572. The van der Waals surface area contributed by atoms with Gasteiger partial charge in [-0.15, -0.1) is 0 Å². The quantitative estimate of drug-likeness (QED) is 0.882. The van der Waals surface area contributed by atoms with Crippen molar-refractivity contribution in [2.24, 2.45) is 0 Å². The fourth-order valence-corrected chi connectivity index (χ4v) is 5.57. The molecule has 1 aliphatic carbocycles. The van der Waals surface area contributed by atoms with Crippen LogP contribution in [-0.4, -0.2) is 56.3 Å². The van der Waals surface area contributed by atoms with Crippen LogP contribution in [0.5, 0.6) is 5.75 Å². The van der Waals surface area contributed by atoms with Crippen molar-refractivity contribution in [1.29, 1.82) is 0 Å². The van der Waals surface area contributed by atoms with Gasteiger partial charge in [0.25, 0.3) is 0 Å². The Kier molecular flexibility index (Phi) is 4.59. The Labute approximate surface area is 141 Å². The summed E-state index contributed by atoms with van der Waals surface area (Å²) in [5.74, 6) is -0.728. The zero-order chi connectivity index (χ0) is 17.5. The molecule has 1 N–H and O–H groups in total. The van der Waals surface area contributed by atoms with Crippen molar-refractivity contribution in [2.45, 2.75) is 48.3 Å². The van der Waals surface area contributed by atoms with Gasteiger partial charge in [0.2, 0.25) is 10.0 Å². The summed E-state index contributed by atoms with van der Waals surface area (Å²) >= 11 is 0. The average molecular weight is 359 g/mol. The summed E-state index contributed by atoms with van der Waals surface area (Å²) < 4.78 is 51.7. The van der Waals surface area contributed by atoms with Crippen molar-refractivity contribution in [3.63, 3.8) is 0 Å². The summed E-state index contributed by atoms with van der Waals surface area (Å²) in [6, 6.07) is 3.17. The lowest BCUT2D eigenvalue weighted by molar-refractivity contribution is -0.0775. The first-order valence-corrected chi connectivity index (χ1v) is 9.37. The van der Waals surface area contributed by atoms with Gasteiger partial charge in [0.1, 0.15) is 0 Å². The number of halogens is 1. The second-order valence-corrected chi connectivity index (χ2v) is 8.27. The minimum Gasteiger partial charge on any atom is -0.494 e. The molecule has 3 atom stereocenters. The number of fused-ring (bicyclic) bond motifs is 1. The van der Waals surface area contributed by atoms with E-state index in [9.17, 15) is 17.9 Å². The van der Waals surface area contributed by atoms with E-state index in [2.05, 4.69) is 0 Å². The number of benzene rings is 1. The highest BCUT2D eigenvalue weighted by Crippen LogP contribution is 2.44. The number of sulfonamides is 1. The van der Waals surface area contributed by atoms with E-state index in [-0.39, 0.29) is 10.6 Å². The topological polar surface area (TPSA) is 76.1 Å². The molecule has 24 heavy (non-hydrogen) atoms. The maximum Gasteiger partial charge on any atom is 0.243 e. The molecule has 1 aliphatic heterocycles. The largest absolute Gasteiger partial charge is 0.494 e. The van der Waals surface area contributed by atoms with Gasteiger partial charge < -0.3 is 14.6 Å². The molecule has 0 unspecified atom stereocenters. The summed E-state index contributed by atoms with van der Waals surface area (Å²) in [6.07, 6.45) is 1.54. The van der Waals surface area contributed by atoms with E-state index < -0.39 is 33.6 Å². The number of hydrogen-bond acceptors (Lipinski definition) is 5. The van der Waals surface area contributed by atoms with Gasteiger partial charge in [-0.1, -0.05) is 0 Å². The number of rotatable bonds is 4. The van der Waals surface area contributed by atoms with Crippen LogP contribution in [0.25, 0.3) is 0 Å². The van der Waals surface area contributed by atoms with Gasteiger partial charge in [-0.3, -0.25) is 0 Å². The molecule has 0 aromatic heterocycles. The molecule has 0 bridgehead atoms.